The van der Waals surface area contributed by atoms with Gasteiger partial charge in [-0.2, -0.15) is 4.99 Å². The van der Waals surface area contributed by atoms with Gasteiger partial charge in [0.15, 0.2) is 5.96 Å². The number of hydrogen-bond acceptors (Lipinski definition) is 3. The highest BCUT2D eigenvalue weighted by Gasteiger charge is 2.12. The Hall–Kier alpha value is -3.16. The zero-order valence-electron chi connectivity index (χ0n) is 10.4. The fourth-order valence-electron chi connectivity index (χ4n) is 1.81. The molecule has 0 amide bonds. The lowest BCUT2D eigenvalue weighted by atomic mass is 10.1. The number of rotatable bonds is 2. The second-order valence-corrected chi connectivity index (χ2v) is 3.91. The largest absolute Gasteiger partial charge is 0.370 e. The number of nitro groups is 1. The van der Waals surface area contributed by atoms with Crippen molar-refractivity contribution in [1.29, 1.82) is 0 Å². The molecular weight excluding hydrogens is 260 g/mol. The van der Waals surface area contributed by atoms with Gasteiger partial charge in [0.05, 0.1) is 16.0 Å². The molecule has 2 aromatic carbocycles. The average Bonchev–Trinajstić information content (AvgIpc) is 2.37. The molecule has 102 valence electrons. The number of nitro benzene ring substituents is 1. The van der Waals surface area contributed by atoms with Crippen LogP contribution < -0.4 is 17.2 Å². The van der Waals surface area contributed by atoms with Gasteiger partial charge >= 0.3 is 0 Å². The minimum absolute atomic E-state index is 0.0000357. The van der Waals surface area contributed by atoms with Gasteiger partial charge in [-0.15, -0.1) is 0 Å². The van der Waals surface area contributed by atoms with Crippen molar-refractivity contribution in [3.8, 4) is 0 Å². The smallest absolute Gasteiger partial charge is 0.277 e. The molecule has 0 unspecified atom stereocenters. The highest BCUT2D eigenvalue weighted by atomic mass is 16.6. The molecule has 6 N–H and O–H groups in total. The number of non-ortho nitro benzene ring substituents is 1. The van der Waals surface area contributed by atoms with Crippen LogP contribution in [0.2, 0.25) is 0 Å². The third-order valence-corrected chi connectivity index (χ3v) is 2.55. The Morgan fingerprint density at radius 1 is 1.05 bits per heavy atom. The van der Waals surface area contributed by atoms with Gasteiger partial charge in [0, 0.05) is 11.5 Å². The van der Waals surface area contributed by atoms with E-state index in [1.165, 1.54) is 6.07 Å². The van der Waals surface area contributed by atoms with Gasteiger partial charge in [0.1, 0.15) is 0 Å². The number of fused-ring (bicyclic) bond motifs is 1. The standard InChI is InChI=1S/C12H12N6O2/c13-11(14)17-12(15)16-9-5-1-4-8-7(9)3-2-6-10(8)18(19)20/h1-6H,(H6,13,14,15,16,17). The molecule has 0 aromatic heterocycles. The maximum absolute atomic E-state index is 11.0. The summed E-state index contributed by atoms with van der Waals surface area (Å²) < 4.78 is 0. The van der Waals surface area contributed by atoms with E-state index in [0.29, 0.717) is 16.5 Å². The lowest BCUT2D eigenvalue weighted by Crippen LogP contribution is -2.26. The van der Waals surface area contributed by atoms with Crippen LogP contribution in [0, 0.1) is 10.1 Å². The van der Waals surface area contributed by atoms with Crippen molar-refractivity contribution in [3.63, 3.8) is 0 Å². The fourth-order valence-corrected chi connectivity index (χ4v) is 1.81. The van der Waals surface area contributed by atoms with Crippen LogP contribution in [0.4, 0.5) is 11.4 Å². The molecule has 0 spiro atoms. The fraction of sp³-hybridized carbons (Fsp3) is 0. The Balaban J connectivity index is 2.65. The Labute approximate surface area is 113 Å². The summed E-state index contributed by atoms with van der Waals surface area (Å²) in [4.78, 5) is 18.2. The first kappa shape index (κ1) is 13.3. The molecule has 8 nitrogen and oxygen atoms in total. The first-order valence-electron chi connectivity index (χ1n) is 5.59. The highest BCUT2D eigenvalue weighted by molar-refractivity contribution is 6.01. The topological polar surface area (TPSA) is 146 Å². The van der Waals surface area contributed by atoms with Gasteiger partial charge in [-0.3, -0.25) is 10.1 Å². The maximum Gasteiger partial charge on any atom is 0.277 e. The Morgan fingerprint density at radius 2 is 1.70 bits per heavy atom. The zero-order valence-corrected chi connectivity index (χ0v) is 10.4. The third kappa shape index (κ3) is 2.64. The van der Waals surface area contributed by atoms with Crippen LogP contribution in [0.15, 0.2) is 46.4 Å². The second-order valence-electron chi connectivity index (χ2n) is 3.91. The Bertz CT molecular complexity index is 734. The number of hydrogen-bond donors (Lipinski definition) is 3. The molecule has 0 saturated carbocycles. The molecule has 0 fully saturated rings. The van der Waals surface area contributed by atoms with E-state index in [4.69, 9.17) is 17.2 Å². The summed E-state index contributed by atoms with van der Waals surface area (Å²) >= 11 is 0. The molecule has 0 aliphatic rings. The van der Waals surface area contributed by atoms with Gasteiger partial charge in [0.2, 0.25) is 5.96 Å². The molecule has 8 heteroatoms. The van der Waals surface area contributed by atoms with Gasteiger partial charge in [-0.25, -0.2) is 4.99 Å². The van der Waals surface area contributed by atoms with Crippen molar-refractivity contribution in [1.82, 2.24) is 0 Å². The van der Waals surface area contributed by atoms with Crippen LogP contribution in [-0.4, -0.2) is 16.8 Å². The molecule has 0 atom stereocenters. The van der Waals surface area contributed by atoms with Crippen molar-refractivity contribution >= 4 is 34.1 Å². The number of guanidine groups is 2. The SMILES string of the molecule is NC(N)=NC(N)=Nc1cccc2c([N+](=O)[O-])cccc12. The van der Waals surface area contributed by atoms with Crippen LogP contribution >= 0.6 is 0 Å². The number of nitrogens with zero attached hydrogens (tertiary/aromatic N) is 3. The minimum Gasteiger partial charge on any atom is -0.370 e. The van der Waals surface area contributed by atoms with E-state index >= 15 is 0 Å². The van der Waals surface area contributed by atoms with Gasteiger partial charge in [0.25, 0.3) is 5.69 Å². The van der Waals surface area contributed by atoms with E-state index in [9.17, 15) is 10.1 Å². The molecule has 0 saturated heterocycles. The normalized spacial score (nSPS) is 11.3. The summed E-state index contributed by atoms with van der Waals surface area (Å²) in [7, 11) is 0. The van der Waals surface area contributed by atoms with Gasteiger partial charge < -0.3 is 17.2 Å². The van der Waals surface area contributed by atoms with Crippen molar-refractivity contribution in [2.75, 3.05) is 0 Å². The lowest BCUT2D eigenvalue weighted by Gasteiger charge is -2.03. The van der Waals surface area contributed by atoms with Crippen LogP contribution in [0.3, 0.4) is 0 Å². The molecule has 20 heavy (non-hydrogen) atoms. The second kappa shape index (κ2) is 5.22. The van der Waals surface area contributed by atoms with Crippen LogP contribution in [0.5, 0.6) is 0 Å². The molecule has 0 aliphatic heterocycles. The zero-order chi connectivity index (χ0) is 14.7. The number of nitrogens with two attached hydrogens (primary N) is 3. The molecule has 0 aliphatic carbocycles. The highest BCUT2D eigenvalue weighted by Crippen LogP contribution is 2.31. The molecule has 0 bridgehead atoms. The molecule has 2 rings (SSSR count). The van der Waals surface area contributed by atoms with E-state index in [1.54, 1.807) is 30.3 Å². The molecule has 0 heterocycles. The first-order chi connectivity index (χ1) is 9.49. The van der Waals surface area contributed by atoms with E-state index in [-0.39, 0.29) is 17.6 Å². The average molecular weight is 272 g/mol. The predicted molar refractivity (Wildman–Crippen MR) is 77.7 cm³/mol. The molecular formula is C12H12N6O2. The Morgan fingerprint density at radius 3 is 2.35 bits per heavy atom. The maximum atomic E-state index is 11.0. The summed E-state index contributed by atoms with van der Waals surface area (Å²) in [6.45, 7) is 0. The third-order valence-electron chi connectivity index (χ3n) is 2.55. The number of aliphatic imine (C=N–C) groups is 2. The Kier molecular flexibility index (Phi) is 3.47. The van der Waals surface area contributed by atoms with E-state index < -0.39 is 4.92 Å². The predicted octanol–water partition coefficient (Wildman–Crippen LogP) is 0.968. The van der Waals surface area contributed by atoms with Crippen molar-refractivity contribution < 1.29 is 4.92 Å². The lowest BCUT2D eigenvalue weighted by molar-refractivity contribution is -0.383. The first-order valence-corrected chi connectivity index (χ1v) is 5.59. The monoisotopic (exact) mass is 272 g/mol. The van der Waals surface area contributed by atoms with E-state index in [1.807, 2.05) is 0 Å². The minimum atomic E-state index is -0.449. The summed E-state index contributed by atoms with van der Waals surface area (Å²) in [5.41, 5.74) is 16.4. The van der Waals surface area contributed by atoms with Crippen molar-refractivity contribution in [2.45, 2.75) is 0 Å². The quantitative estimate of drug-likeness (QED) is 0.322. The summed E-state index contributed by atoms with van der Waals surface area (Å²) in [5, 5.41) is 12.0. The number of benzene rings is 2. The van der Waals surface area contributed by atoms with Crippen molar-refractivity contribution in [3.05, 3.63) is 46.5 Å². The van der Waals surface area contributed by atoms with Crippen LogP contribution in [0.25, 0.3) is 10.8 Å². The van der Waals surface area contributed by atoms with Gasteiger partial charge in [-0.05, 0) is 12.1 Å². The molecule has 2 aromatic rings. The van der Waals surface area contributed by atoms with E-state index in [2.05, 4.69) is 9.98 Å². The molecule has 0 radical (unpaired) electrons. The van der Waals surface area contributed by atoms with Crippen LogP contribution in [0.1, 0.15) is 0 Å². The van der Waals surface area contributed by atoms with E-state index in [0.717, 1.165) is 0 Å². The summed E-state index contributed by atoms with van der Waals surface area (Å²) in [5.74, 6) is -0.332. The van der Waals surface area contributed by atoms with Crippen molar-refractivity contribution in [2.24, 2.45) is 27.2 Å². The summed E-state index contributed by atoms with van der Waals surface area (Å²) in [6.07, 6.45) is 0. The van der Waals surface area contributed by atoms with Crippen LogP contribution in [-0.2, 0) is 0 Å². The van der Waals surface area contributed by atoms with Gasteiger partial charge in [-0.1, -0.05) is 18.2 Å². The summed E-state index contributed by atoms with van der Waals surface area (Å²) in [6, 6.07) is 9.68.